The van der Waals surface area contributed by atoms with E-state index in [1.165, 1.54) is 18.6 Å². The third-order valence-corrected chi connectivity index (χ3v) is 6.45. The number of hydrogen-bond acceptors (Lipinski definition) is 0. The highest BCUT2D eigenvalue weighted by Crippen LogP contribution is 2.69. The van der Waals surface area contributed by atoms with Gasteiger partial charge in [-0.25, -0.2) is 6.33 Å². The van der Waals surface area contributed by atoms with Crippen LogP contribution in [0, 0.1) is 17.3 Å². The van der Waals surface area contributed by atoms with Crippen LogP contribution < -0.4 is 0 Å². The molecule has 16 heavy (non-hydrogen) atoms. The van der Waals surface area contributed by atoms with Gasteiger partial charge < -0.3 is 0 Å². The van der Waals surface area contributed by atoms with Crippen LogP contribution in [0.3, 0.4) is 0 Å². The minimum Gasteiger partial charge on any atom is -0.248 e. The monoisotopic (exact) mass is 360 g/mol. The van der Waals surface area contributed by atoms with Gasteiger partial charge in [-0.3, -0.25) is 0 Å². The molecule has 0 aliphatic carbocycles. The molecule has 0 aromatic heterocycles. The first-order chi connectivity index (χ1) is 6.82. The van der Waals surface area contributed by atoms with Crippen molar-refractivity contribution in [2.45, 2.75) is 47.5 Å². The Balaban J connectivity index is 4.67. The van der Waals surface area contributed by atoms with Crippen LogP contribution in [0.5, 0.6) is 0 Å². The van der Waals surface area contributed by atoms with E-state index >= 15 is 0 Å². The van der Waals surface area contributed by atoms with Crippen molar-refractivity contribution in [1.29, 1.82) is 0 Å². The quantitative estimate of drug-likeness (QED) is 0.476. The minimum absolute atomic E-state index is 0.514. The van der Waals surface area contributed by atoms with Crippen molar-refractivity contribution >= 4 is 27.5 Å². The number of thiol groups is 1. The van der Waals surface area contributed by atoms with Gasteiger partial charge in [-0.1, -0.05) is 41.0 Å². The Kier molecular flexibility index (Phi) is 5.74. The molecular weight excluding hydrogens is 327 g/mol. The van der Waals surface area contributed by atoms with E-state index in [0.717, 1.165) is 11.8 Å². The van der Waals surface area contributed by atoms with Crippen LogP contribution in [-0.2, 0) is 0 Å². The lowest BCUT2D eigenvalue weighted by atomic mass is 9.77. The van der Waals surface area contributed by atoms with Crippen LogP contribution in [0.25, 0.3) is 0 Å². The van der Waals surface area contributed by atoms with Crippen molar-refractivity contribution in [3.8, 4) is 0 Å². The average Bonchev–Trinajstić information content (AvgIpc) is 1.98. The predicted octanol–water partition coefficient (Wildman–Crippen LogP) is 5.40. The molecule has 0 rings (SSSR count). The molecule has 2 heteroatoms. The number of hydrogen-bond donors (Lipinski definition) is 1. The lowest BCUT2D eigenvalue weighted by molar-refractivity contribution is 0.233. The second-order valence-electron chi connectivity index (χ2n) is 7.83. The predicted molar refractivity (Wildman–Crippen MR) is 92.7 cm³/mol. The maximum absolute atomic E-state index is 2.75. The Labute approximate surface area is 116 Å². The first-order valence-electron chi connectivity index (χ1n) is 6.55. The summed E-state index contributed by atoms with van der Waals surface area (Å²) >= 11 is 2.75. The van der Waals surface area contributed by atoms with Gasteiger partial charge in [0.2, 0.25) is 0 Å². The fourth-order valence-electron chi connectivity index (χ4n) is 2.16. The molecule has 0 heterocycles. The van der Waals surface area contributed by atoms with Gasteiger partial charge in [-0.05, 0) is 69.4 Å². The van der Waals surface area contributed by atoms with Gasteiger partial charge in [-0.2, -0.15) is 0 Å². The minimum atomic E-state index is -1.39. The summed E-state index contributed by atoms with van der Waals surface area (Å²) in [6.45, 7) is 12.0. The van der Waals surface area contributed by atoms with Crippen LogP contribution >= 0.6 is 27.5 Å². The van der Waals surface area contributed by atoms with Crippen molar-refractivity contribution in [1.82, 2.24) is 0 Å². The molecule has 0 radical (unpaired) electrons. The van der Waals surface area contributed by atoms with Crippen molar-refractivity contribution in [2.75, 3.05) is 24.5 Å². The summed E-state index contributed by atoms with van der Waals surface area (Å²) in [6, 6.07) is 0. The van der Waals surface area contributed by atoms with E-state index in [1.54, 1.807) is 0 Å². The lowest BCUT2D eigenvalue weighted by Crippen LogP contribution is -2.27. The second kappa shape index (κ2) is 5.38. The SMILES string of the molecule is CCC(C)(C)CC(C[SH](C)(C)(C)I)C(C)C. The summed E-state index contributed by atoms with van der Waals surface area (Å²) in [5.74, 6) is 3.15. The molecule has 0 amide bonds. The Bertz CT molecular complexity index is 213. The molecule has 102 valence electrons. The van der Waals surface area contributed by atoms with Crippen LogP contribution in [-0.4, -0.2) is 24.5 Å². The van der Waals surface area contributed by atoms with Crippen LogP contribution in [0.15, 0.2) is 0 Å². The highest BCUT2D eigenvalue weighted by atomic mass is 127. The zero-order valence-corrected chi connectivity index (χ0v) is 15.7. The van der Waals surface area contributed by atoms with Gasteiger partial charge in [0.15, 0.2) is 0 Å². The standard InChI is InChI=1S/C14H33IS/c1-9-14(4,5)10-13(12(2)3)11-16(6,7,8)15/h12-13,16H,9-11H2,1-8H3. The zero-order valence-electron chi connectivity index (χ0n) is 12.6. The van der Waals surface area contributed by atoms with E-state index < -0.39 is 6.33 Å². The third-order valence-electron chi connectivity index (χ3n) is 3.57. The van der Waals surface area contributed by atoms with Crippen molar-refractivity contribution < 1.29 is 0 Å². The highest BCUT2D eigenvalue weighted by Gasteiger charge is 2.31. The molecule has 0 N–H and O–H groups in total. The molecular formula is C14H33IS. The summed E-state index contributed by atoms with van der Waals surface area (Å²) < 4.78 is 0. The van der Waals surface area contributed by atoms with Crippen molar-refractivity contribution in [2.24, 2.45) is 17.3 Å². The van der Waals surface area contributed by atoms with E-state index in [-0.39, 0.29) is 0 Å². The molecule has 0 aliphatic rings. The molecule has 0 aliphatic heterocycles. The van der Waals surface area contributed by atoms with E-state index in [1.807, 2.05) is 0 Å². The molecule has 0 fully saturated rings. The Hall–Kier alpha value is 1.08. The van der Waals surface area contributed by atoms with Gasteiger partial charge in [0.05, 0.1) is 0 Å². The molecule has 0 saturated heterocycles. The van der Waals surface area contributed by atoms with Gasteiger partial charge in [0, 0.05) is 0 Å². The molecule has 0 nitrogen and oxygen atoms in total. The highest BCUT2D eigenvalue weighted by molar-refractivity contribution is 14.2. The van der Waals surface area contributed by atoms with E-state index in [2.05, 4.69) is 74.6 Å². The van der Waals surface area contributed by atoms with Gasteiger partial charge in [-0.15, -0.1) is 0 Å². The molecule has 1 atom stereocenters. The first-order valence-corrected chi connectivity index (χ1v) is 13.1. The summed E-state index contributed by atoms with van der Waals surface area (Å²) in [6.07, 6.45) is 8.80. The summed E-state index contributed by atoms with van der Waals surface area (Å²) in [7, 11) is 0. The molecule has 0 aromatic carbocycles. The van der Waals surface area contributed by atoms with E-state index in [4.69, 9.17) is 0 Å². The fraction of sp³-hybridized carbons (Fsp3) is 1.00. The zero-order chi connectivity index (χ0) is 13.2. The molecule has 0 aromatic rings. The largest absolute Gasteiger partial charge is 0.248 e. The summed E-state index contributed by atoms with van der Waals surface area (Å²) in [5, 5.41) is 0. The Morgan fingerprint density at radius 3 is 1.81 bits per heavy atom. The fourth-order valence-corrected chi connectivity index (χ4v) is 5.81. The van der Waals surface area contributed by atoms with E-state index in [0.29, 0.717) is 5.41 Å². The van der Waals surface area contributed by atoms with Crippen molar-refractivity contribution in [3.63, 3.8) is 0 Å². The van der Waals surface area contributed by atoms with Gasteiger partial charge in [0.25, 0.3) is 0 Å². The average molecular weight is 360 g/mol. The number of rotatable bonds is 6. The Morgan fingerprint density at radius 2 is 1.56 bits per heavy atom. The molecule has 0 bridgehead atoms. The van der Waals surface area contributed by atoms with Crippen molar-refractivity contribution in [3.05, 3.63) is 0 Å². The Morgan fingerprint density at radius 1 is 1.12 bits per heavy atom. The van der Waals surface area contributed by atoms with Gasteiger partial charge in [0.1, 0.15) is 0 Å². The van der Waals surface area contributed by atoms with E-state index in [9.17, 15) is 0 Å². The second-order valence-corrected chi connectivity index (χ2v) is 24.8. The maximum Gasteiger partial charge on any atom is -0.0262 e. The maximum atomic E-state index is 2.75. The smallest absolute Gasteiger partial charge is 0.0262 e. The first kappa shape index (κ1) is 17.1. The normalized spacial score (nSPS) is 18.2. The molecule has 0 spiro atoms. The topological polar surface area (TPSA) is 0 Å². The number of halogens is 1. The summed E-state index contributed by atoms with van der Waals surface area (Å²) in [4.78, 5) is 0. The molecule has 0 saturated carbocycles. The summed E-state index contributed by atoms with van der Waals surface area (Å²) in [5.41, 5.74) is 0.514. The third kappa shape index (κ3) is 8.21. The van der Waals surface area contributed by atoms with Crippen LogP contribution in [0.4, 0.5) is 0 Å². The van der Waals surface area contributed by atoms with Gasteiger partial charge >= 0.3 is 0 Å². The van der Waals surface area contributed by atoms with Crippen LogP contribution in [0.1, 0.15) is 47.5 Å². The van der Waals surface area contributed by atoms with Crippen LogP contribution in [0.2, 0.25) is 0 Å². The molecule has 1 unspecified atom stereocenters. The lowest BCUT2D eigenvalue weighted by Gasteiger charge is -2.49.